The maximum atomic E-state index is 6.88. The van der Waals surface area contributed by atoms with E-state index < -0.39 is 0 Å². The van der Waals surface area contributed by atoms with Crippen molar-refractivity contribution in [1.29, 1.82) is 0 Å². The van der Waals surface area contributed by atoms with Gasteiger partial charge in [-0.2, -0.15) is 0 Å². The van der Waals surface area contributed by atoms with Gasteiger partial charge in [0.25, 0.3) is 0 Å². The number of ether oxygens (including phenoxy) is 2. The van der Waals surface area contributed by atoms with Crippen molar-refractivity contribution in [3.05, 3.63) is 58.1 Å². The summed E-state index contributed by atoms with van der Waals surface area (Å²) in [5.74, 6) is 1.77. The Balaban J connectivity index is 2.04. The number of rotatable bonds is 4. The zero-order valence-electron chi connectivity index (χ0n) is 14.8. The molecule has 3 aromatic rings. The van der Waals surface area contributed by atoms with Crippen molar-refractivity contribution in [1.82, 2.24) is 0 Å². The van der Waals surface area contributed by atoms with E-state index in [1.807, 2.05) is 12.1 Å². The predicted octanol–water partition coefficient (Wildman–Crippen LogP) is 6.03. The van der Waals surface area contributed by atoms with Crippen molar-refractivity contribution in [2.45, 2.75) is 26.2 Å². The van der Waals surface area contributed by atoms with Crippen molar-refractivity contribution >= 4 is 22.4 Å². The molecule has 1 aliphatic rings. The highest BCUT2D eigenvalue weighted by molar-refractivity contribution is 6.39. The van der Waals surface area contributed by atoms with E-state index in [2.05, 4.69) is 31.2 Å². The van der Waals surface area contributed by atoms with Crippen molar-refractivity contribution < 1.29 is 9.47 Å². The Labute approximate surface area is 153 Å². The zero-order chi connectivity index (χ0) is 17.6. The summed E-state index contributed by atoms with van der Waals surface area (Å²) in [4.78, 5) is 0. The van der Waals surface area contributed by atoms with E-state index in [9.17, 15) is 0 Å². The summed E-state index contributed by atoms with van der Waals surface area (Å²) < 4.78 is 10.9. The Morgan fingerprint density at radius 3 is 2.40 bits per heavy atom. The van der Waals surface area contributed by atoms with Crippen LogP contribution >= 0.6 is 11.6 Å². The molecule has 2 nitrogen and oxygen atoms in total. The molecule has 0 atom stereocenters. The van der Waals surface area contributed by atoms with Crippen LogP contribution in [0.4, 0.5) is 0 Å². The number of halogens is 1. The van der Waals surface area contributed by atoms with E-state index in [0.29, 0.717) is 0 Å². The molecule has 25 heavy (non-hydrogen) atoms. The maximum absolute atomic E-state index is 6.88. The Bertz CT molecular complexity index is 976. The Morgan fingerprint density at radius 1 is 0.960 bits per heavy atom. The average molecular weight is 353 g/mol. The van der Waals surface area contributed by atoms with E-state index in [1.165, 1.54) is 33.2 Å². The maximum Gasteiger partial charge on any atom is 0.119 e. The minimum atomic E-state index is 0.844. The van der Waals surface area contributed by atoms with Gasteiger partial charge in [-0.15, -0.1) is 0 Å². The largest absolute Gasteiger partial charge is 0.497 e. The van der Waals surface area contributed by atoms with Crippen LogP contribution in [-0.4, -0.2) is 14.2 Å². The summed E-state index contributed by atoms with van der Waals surface area (Å²) in [6.45, 7) is 2.22. The van der Waals surface area contributed by atoms with Gasteiger partial charge in [-0.25, -0.2) is 0 Å². The van der Waals surface area contributed by atoms with Crippen molar-refractivity contribution in [2.24, 2.45) is 0 Å². The summed E-state index contributed by atoms with van der Waals surface area (Å²) in [7, 11) is 3.41. The van der Waals surface area contributed by atoms with Gasteiger partial charge in [0.1, 0.15) is 11.5 Å². The van der Waals surface area contributed by atoms with Crippen LogP contribution in [-0.2, 0) is 12.8 Å². The first-order valence-corrected chi connectivity index (χ1v) is 9.04. The lowest BCUT2D eigenvalue weighted by atomic mass is 9.91. The molecule has 0 fully saturated rings. The van der Waals surface area contributed by atoms with Gasteiger partial charge >= 0.3 is 0 Å². The molecule has 4 rings (SSSR count). The molecule has 128 valence electrons. The lowest BCUT2D eigenvalue weighted by Crippen LogP contribution is -1.97. The molecular formula is C22H21ClO2. The predicted molar refractivity (Wildman–Crippen MR) is 104 cm³/mol. The zero-order valence-corrected chi connectivity index (χ0v) is 15.5. The van der Waals surface area contributed by atoms with Crippen LogP contribution in [0.1, 0.15) is 30.0 Å². The van der Waals surface area contributed by atoms with Crippen molar-refractivity contribution in [2.75, 3.05) is 14.2 Å². The van der Waals surface area contributed by atoms with Crippen LogP contribution in [0.15, 0.2) is 36.4 Å². The highest BCUT2D eigenvalue weighted by Crippen LogP contribution is 2.48. The molecule has 0 radical (unpaired) electrons. The number of benzene rings is 3. The van der Waals surface area contributed by atoms with Crippen LogP contribution < -0.4 is 9.47 Å². The second-order valence-corrected chi connectivity index (χ2v) is 6.89. The van der Waals surface area contributed by atoms with E-state index in [0.717, 1.165) is 41.2 Å². The van der Waals surface area contributed by atoms with E-state index in [4.69, 9.17) is 21.1 Å². The number of hydrogen-bond acceptors (Lipinski definition) is 2. The average Bonchev–Trinajstić information content (AvgIpc) is 3.03. The second-order valence-electron chi connectivity index (χ2n) is 6.51. The molecule has 0 saturated carbocycles. The number of aryl methyl sites for hydroxylation is 1. The van der Waals surface area contributed by atoms with Crippen molar-refractivity contribution in [3.8, 4) is 22.6 Å². The fourth-order valence-corrected chi connectivity index (χ4v) is 4.34. The third-order valence-electron chi connectivity index (χ3n) is 5.12. The van der Waals surface area contributed by atoms with Crippen LogP contribution in [0.3, 0.4) is 0 Å². The van der Waals surface area contributed by atoms with Gasteiger partial charge in [0.15, 0.2) is 0 Å². The lowest BCUT2D eigenvalue weighted by Gasteiger charge is -2.16. The third-order valence-corrected chi connectivity index (χ3v) is 5.52. The van der Waals surface area contributed by atoms with Gasteiger partial charge < -0.3 is 9.47 Å². The molecule has 1 aliphatic carbocycles. The van der Waals surface area contributed by atoms with Crippen LogP contribution in [0, 0.1) is 0 Å². The van der Waals surface area contributed by atoms with Gasteiger partial charge in [-0.05, 0) is 70.8 Å². The molecular weight excluding hydrogens is 332 g/mol. The monoisotopic (exact) mass is 352 g/mol. The minimum Gasteiger partial charge on any atom is -0.497 e. The molecule has 0 bridgehead atoms. The fourth-order valence-electron chi connectivity index (χ4n) is 3.96. The first-order valence-electron chi connectivity index (χ1n) is 8.66. The molecule has 0 saturated heterocycles. The molecule has 0 aliphatic heterocycles. The Morgan fingerprint density at radius 2 is 1.68 bits per heavy atom. The molecule has 0 amide bonds. The quantitative estimate of drug-likeness (QED) is 0.446. The topological polar surface area (TPSA) is 18.5 Å². The summed E-state index contributed by atoms with van der Waals surface area (Å²) in [6.07, 6.45) is 3.04. The summed E-state index contributed by atoms with van der Waals surface area (Å²) >= 11 is 6.88. The van der Waals surface area contributed by atoms with E-state index in [1.54, 1.807) is 14.2 Å². The minimum absolute atomic E-state index is 0.844. The number of methoxy groups -OCH3 is 2. The van der Waals surface area contributed by atoms with Crippen LogP contribution in [0.5, 0.6) is 11.5 Å². The highest BCUT2D eigenvalue weighted by Gasteiger charge is 2.27. The van der Waals surface area contributed by atoms with Crippen molar-refractivity contribution in [3.63, 3.8) is 0 Å². The molecule has 3 aromatic carbocycles. The molecule has 0 aromatic heterocycles. The first-order chi connectivity index (χ1) is 12.2. The highest BCUT2D eigenvalue weighted by atomic mass is 35.5. The van der Waals surface area contributed by atoms with Crippen LogP contribution in [0.2, 0.25) is 5.02 Å². The summed E-state index contributed by atoms with van der Waals surface area (Å²) in [6, 6.07) is 12.5. The van der Waals surface area contributed by atoms with Gasteiger partial charge in [0.2, 0.25) is 0 Å². The third kappa shape index (κ3) is 2.47. The molecule has 0 unspecified atom stereocenters. The standard InChI is InChI=1S/C22H21ClO2/c1-4-5-17-19-12-15(25-3)7-9-18(19)22(23)21-16-8-6-14(24-2)10-13(16)11-20(17)21/h6-10,12H,4-5,11H2,1-3H3. The van der Waals surface area contributed by atoms with Gasteiger partial charge in [-0.3, -0.25) is 0 Å². The fraction of sp³-hybridized carbons (Fsp3) is 0.273. The summed E-state index contributed by atoms with van der Waals surface area (Å²) in [5, 5.41) is 3.16. The normalized spacial score (nSPS) is 12.2. The molecule has 0 spiro atoms. The first kappa shape index (κ1) is 16.3. The number of fused-ring (bicyclic) bond motifs is 4. The molecule has 3 heteroatoms. The van der Waals surface area contributed by atoms with Crippen LogP contribution in [0.25, 0.3) is 21.9 Å². The van der Waals surface area contributed by atoms with E-state index in [-0.39, 0.29) is 0 Å². The van der Waals surface area contributed by atoms with E-state index >= 15 is 0 Å². The second kappa shape index (κ2) is 6.27. The Kier molecular flexibility index (Phi) is 4.09. The van der Waals surface area contributed by atoms with Gasteiger partial charge in [0.05, 0.1) is 19.2 Å². The Hall–Kier alpha value is -2.19. The molecule has 0 heterocycles. The lowest BCUT2D eigenvalue weighted by molar-refractivity contribution is 0.414. The van der Waals surface area contributed by atoms with Gasteiger partial charge in [0, 0.05) is 10.9 Å². The van der Waals surface area contributed by atoms with Gasteiger partial charge in [-0.1, -0.05) is 31.0 Å². The molecule has 0 N–H and O–H groups in total. The number of hydrogen-bond donors (Lipinski definition) is 0. The SMILES string of the molecule is CCCc1c2c(c(Cl)c3ccc(OC)cc13)-c1ccc(OC)cc1C2. The summed E-state index contributed by atoms with van der Waals surface area (Å²) in [5.41, 5.74) is 6.47. The smallest absolute Gasteiger partial charge is 0.119 e.